The first-order valence-electron chi connectivity index (χ1n) is 10.8. The Morgan fingerprint density at radius 1 is 0.917 bits per heavy atom. The van der Waals surface area contributed by atoms with Crippen molar-refractivity contribution >= 4 is 11.9 Å². The molecule has 0 aromatic heterocycles. The van der Waals surface area contributed by atoms with E-state index in [1.54, 1.807) is 36.4 Å². The van der Waals surface area contributed by atoms with Crippen molar-refractivity contribution in [3.8, 4) is 28.7 Å². The van der Waals surface area contributed by atoms with Gasteiger partial charge >= 0.3 is 11.9 Å². The number of phenols is 1. The number of carbonyl (C=O) groups is 2. The number of fused-ring (bicyclic) bond motifs is 2. The molecule has 183 valence electrons. The molecule has 3 N–H and O–H groups in total. The molecule has 1 heterocycles. The van der Waals surface area contributed by atoms with Crippen molar-refractivity contribution in [2.24, 2.45) is 5.92 Å². The van der Waals surface area contributed by atoms with Crippen molar-refractivity contribution in [1.29, 1.82) is 0 Å². The fourth-order valence-corrected chi connectivity index (χ4v) is 5.00. The molecule has 0 spiro atoms. The zero-order chi connectivity index (χ0) is 24.7. The molecule has 1 aliphatic heterocycles. The number of hydrogen-bond acceptors (Lipinski definition) is 7. The Bertz CT molecular complexity index is 1320. The van der Waals surface area contributed by atoms with Crippen molar-refractivity contribution in [3.05, 3.63) is 76.9 Å². The van der Waals surface area contributed by atoms with Gasteiger partial charge < -0.3 is 34.3 Å². The van der Waals surface area contributed by atoms with Crippen LogP contribution in [0.5, 0.6) is 28.7 Å². The minimum absolute atomic E-state index is 0. The minimum Gasteiger partial charge on any atom is -0.508 e. The molecule has 2 aliphatic rings. The van der Waals surface area contributed by atoms with E-state index < -0.39 is 36.3 Å². The first kappa shape index (κ1) is 26.0. The van der Waals surface area contributed by atoms with Gasteiger partial charge in [0, 0.05) is 64.8 Å². The average Bonchev–Trinajstić information content (AvgIpc) is 3.44. The topological polar surface area (TPSA) is 132 Å². The summed E-state index contributed by atoms with van der Waals surface area (Å²) in [5.41, 5.74) is 2.55. The zero-order valence-corrected chi connectivity index (χ0v) is 22.9. The Labute approximate surface area is 239 Å². The quantitative estimate of drug-likeness (QED) is 0.363. The Morgan fingerprint density at radius 2 is 1.67 bits per heavy atom. The maximum absolute atomic E-state index is 12.8. The smallest absolute Gasteiger partial charge is 0.341 e. The summed E-state index contributed by atoms with van der Waals surface area (Å²) < 4.78 is 21.7. The number of ether oxygens (including phenoxy) is 4. The van der Waals surface area contributed by atoms with Crippen molar-refractivity contribution in [1.82, 2.24) is 0 Å². The number of aliphatic carboxylic acids is 2. The number of phenolic OH excluding ortho intramolecular Hbond substituents is 1. The third-order valence-corrected chi connectivity index (χ3v) is 6.41. The van der Waals surface area contributed by atoms with Crippen LogP contribution in [0.2, 0.25) is 0 Å². The predicted molar refractivity (Wildman–Crippen MR) is 122 cm³/mol. The fourth-order valence-electron chi connectivity index (χ4n) is 5.00. The van der Waals surface area contributed by atoms with Gasteiger partial charge in [-0.2, -0.15) is 0 Å². The summed E-state index contributed by atoms with van der Waals surface area (Å²) in [5, 5.41) is 29.9. The molecule has 1 radical (unpaired) electrons. The number of hydrogen-bond donors (Lipinski definition) is 3. The van der Waals surface area contributed by atoms with Crippen molar-refractivity contribution in [2.45, 2.75) is 11.8 Å². The molecule has 0 fully saturated rings. The minimum atomic E-state index is -1.17. The third kappa shape index (κ3) is 4.69. The molecule has 36 heavy (non-hydrogen) atoms. The van der Waals surface area contributed by atoms with E-state index in [2.05, 4.69) is 0 Å². The van der Waals surface area contributed by atoms with Crippen LogP contribution in [-0.2, 0) is 9.59 Å². The Balaban J connectivity index is 0.00000304. The Hall–Kier alpha value is -3.04. The summed E-state index contributed by atoms with van der Waals surface area (Å²) >= 11 is 0. The Kier molecular flexibility index (Phi) is 7.61. The van der Waals surface area contributed by atoms with Crippen LogP contribution in [0.15, 0.2) is 54.6 Å². The van der Waals surface area contributed by atoms with E-state index in [0.29, 0.717) is 28.4 Å². The second-order valence-corrected chi connectivity index (χ2v) is 8.33. The van der Waals surface area contributed by atoms with Crippen molar-refractivity contribution in [2.75, 3.05) is 20.5 Å². The molecule has 1 aliphatic carbocycles. The maximum Gasteiger partial charge on any atom is 0.341 e. The van der Waals surface area contributed by atoms with Crippen LogP contribution < -0.4 is 18.9 Å². The van der Waals surface area contributed by atoms with Crippen LogP contribution >= 0.6 is 0 Å². The second kappa shape index (κ2) is 10.5. The van der Waals surface area contributed by atoms with E-state index in [1.807, 2.05) is 6.07 Å². The van der Waals surface area contributed by atoms with Gasteiger partial charge in [0.15, 0.2) is 18.1 Å². The van der Waals surface area contributed by atoms with Crippen LogP contribution in [0.4, 0.5) is 0 Å². The van der Waals surface area contributed by atoms with Crippen molar-refractivity contribution < 1.29 is 85.1 Å². The van der Waals surface area contributed by atoms with Crippen LogP contribution in [-0.4, -0.2) is 47.8 Å². The predicted octanol–water partition coefficient (Wildman–Crippen LogP) is 3.57. The average molecular weight is 619 g/mol. The molecule has 0 saturated heterocycles. The Morgan fingerprint density at radius 3 is 2.39 bits per heavy atom. The SMILES string of the molecule is COc1ccc([C@@H]2c3cc(O)ccc3[C@H](c3ccc4c(c3)OCO4)C2C(=O)O)c(OCC(=O)O)c1.[Pr]. The van der Waals surface area contributed by atoms with Crippen molar-refractivity contribution in [3.63, 3.8) is 0 Å². The molecule has 0 bridgehead atoms. The van der Waals surface area contributed by atoms with E-state index in [4.69, 9.17) is 24.1 Å². The molecule has 5 rings (SSSR count). The molecular weight excluding hydrogens is 597 g/mol. The van der Waals surface area contributed by atoms with Gasteiger partial charge in [0.2, 0.25) is 6.79 Å². The molecule has 0 saturated carbocycles. The monoisotopic (exact) mass is 619 g/mol. The van der Waals surface area contributed by atoms with E-state index in [0.717, 1.165) is 11.1 Å². The van der Waals surface area contributed by atoms with Gasteiger partial charge in [-0.1, -0.05) is 18.2 Å². The van der Waals surface area contributed by atoms with Crippen LogP contribution in [0.3, 0.4) is 0 Å². The van der Waals surface area contributed by atoms with Gasteiger partial charge in [0.05, 0.1) is 13.0 Å². The summed E-state index contributed by atoms with van der Waals surface area (Å²) in [6.45, 7) is -0.516. The summed E-state index contributed by atoms with van der Waals surface area (Å²) in [4.78, 5) is 24.0. The number of rotatable bonds is 7. The third-order valence-electron chi connectivity index (χ3n) is 6.41. The van der Waals surface area contributed by atoms with Crippen LogP contribution in [0.25, 0.3) is 0 Å². The molecule has 0 amide bonds. The second-order valence-electron chi connectivity index (χ2n) is 8.33. The maximum atomic E-state index is 12.8. The molecule has 10 heteroatoms. The molecule has 3 aromatic carbocycles. The van der Waals surface area contributed by atoms with E-state index in [9.17, 15) is 19.8 Å². The number of carboxylic acids is 2. The number of benzene rings is 3. The molecule has 1 unspecified atom stereocenters. The summed E-state index contributed by atoms with van der Waals surface area (Å²) in [5.74, 6) is -2.77. The summed E-state index contributed by atoms with van der Waals surface area (Å²) in [6, 6.07) is 15.0. The summed E-state index contributed by atoms with van der Waals surface area (Å²) in [7, 11) is 1.47. The number of carboxylic acid groups (broad SMARTS) is 2. The van der Waals surface area contributed by atoms with Gasteiger partial charge in [-0.25, -0.2) is 4.79 Å². The number of aromatic hydroxyl groups is 1. The van der Waals surface area contributed by atoms with Crippen LogP contribution in [0, 0.1) is 47.2 Å². The normalized spacial score (nSPS) is 19.2. The van der Waals surface area contributed by atoms with Gasteiger partial charge in [0.25, 0.3) is 0 Å². The molecular formula is C26H22O9Pr. The fraction of sp³-hybridized carbons (Fsp3) is 0.231. The van der Waals surface area contributed by atoms with E-state index >= 15 is 0 Å². The molecule has 9 nitrogen and oxygen atoms in total. The van der Waals surface area contributed by atoms with Gasteiger partial charge in [-0.15, -0.1) is 0 Å². The zero-order valence-electron chi connectivity index (χ0n) is 19.2. The largest absolute Gasteiger partial charge is 0.508 e. The first-order valence-corrected chi connectivity index (χ1v) is 10.8. The standard InChI is InChI=1S/C26H22O9.Pr/c1-32-15-4-6-17(20(10-15)33-11-22(28)29)24-18-9-14(27)3-5-16(18)23(25(24)26(30)31)13-2-7-19-21(8-13)35-12-34-19;/h2-10,23-25,27H,11-12H2,1H3,(H,28,29)(H,30,31);/t23-,24+,25?;/m0./s1. The summed E-state index contributed by atoms with van der Waals surface area (Å²) in [6.07, 6.45) is 0. The molecule has 3 atom stereocenters. The molecule has 3 aromatic rings. The van der Waals surface area contributed by atoms with E-state index in [-0.39, 0.29) is 59.6 Å². The van der Waals surface area contributed by atoms with Gasteiger partial charge in [-0.3, -0.25) is 4.79 Å². The van der Waals surface area contributed by atoms with Gasteiger partial charge in [0.1, 0.15) is 17.2 Å². The van der Waals surface area contributed by atoms with E-state index in [1.165, 1.54) is 19.2 Å². The number of methoxy groups -OCH3 is 1. The van der Waals surface area contributed by atoms with Crippen LogP contribution in [0.1, 0.15) is 34.1 Å². The first-order chi connectivity index (χ1) is 16.9. The van der Waals surface area contributed by atoms with Gasteiger partial charge in [-0.05, 0) is 47.0 Å².